The van der Waals surface area contributed by atoms with Crippen molar-refractivity contribution in [2.45, 2.75) is 32.6 Å². The number of hydrogen-bond acceptors (Lipinski definition) is 3. The van der Waals surface area contributed by atoms with Crippen molar-refractivity contribution in [2.24, 2.45) is 5.92 Å². The van der Waals surface area contributed by atoms with Gasteiger partial charge >= 0.3 is 6.03 Å². The van der Waals surface area contributed by atoms with E-state index < -0.39 is 0 Å². The molecule has 1 aliphatic heterocycles. The van der Waals surface area contributed by atoms with Crippen LogP contribution in [0.2, 0.25) is 0 Å². The van der Waals surface area contributed by atoms with Gasteiger partial charge in [-0.3, -0.25) is 0 Å². The molecule has 0 bridgehead atoms. The summed E-state index contributed by atoms with van der Waals surface area (Å²) in [4.78, 5) is 11.7. The molecule has 0 atom stereocenters. The molecule has 0 unspecified atom stereocenters. The molecule has 1 saturated heterocycles. The summed E-state index contributed by atoms with van der Waals surface area (Å²) in [6.45, 7) is 6.03. The molecule has 1 aromatic carbocycles. The Hall–Kier alpha value is -1.75. The third kappa shape index (κ3) is 6.91. The molecule has 23 heavy (non-hydrogen) atoms. The second-order valence-corrected chi connectivity index (χ2v) is 6.07. The maximum absolute atomic E-state index is 11.7. The Balaban J connectivity index is 1.54. The lowest BCUT2D eigenvalue weighted by atomic mass is 9.98. The monoisotopic (exact) mass is 319 g/mol. The molecule has 1 aromatic rings. The zero-order chi connectivity index (χ0) is 16.3. The van der Waals surface area contributed by atoms with Crippen molar-refractivity contribution in [1.29, 1.82) is 0 Å². The van der Waals surface area contributed by atoms with Crippen molar-refractivity contribution in [1.82, 2.24) is 16.0 Å². The first-order valence-corrected chi connectivity index (χ1v) is 8.72. The van der Waals surface area contributed by atoms with Gasteiger partial charge in [0.05, 0.1) is 6.54 Å². The van der Waals surface area contributed by atoms with Gasteiger partial charge < -0.3 is 20.7 Å². The Bertz CT molecular complexity index is 456. The predicted molar refractivity (Wildman–Crippen MR) is 92.9 cm³/mol. The smallest absolute Gasteiger partial charge is 0.314 e. The fraction of sp³-hybridized carbons (Fsp3) is 0.611. The fourth-order valence-electron chi connectivity index (χ4n) is 2.76. The van der Waals surface area contributed by atoms with E-state index in [1.165, 1.54) is 5.56 Å². The maximum Gasteiger partial charge on any atom is 0.314 e. The molecule has 3 N–H and O–H groups in total. The second-order valence-electron chi connectivity index (χ2n) is 6.07. The van der Waals surface area contributed by atoms with E-state index in [9.17, 15) is 4.79 Å². The largest absolute Gasteiger partial charge is 0.492 e. The summed E-state index contributed by atoms with van der Waals surface area (Å²) in [6, 6.07) is 8.06. The molecule has 5 heteroatoms. The van der Waals surface area contributed by atoms with Crippen LogP contribution >= 0.6 is 0 Å². The predicted octanol–water partition coefficient (Wildman–Crippen LogP) is 2.32. The van der Waals surface area contributed by atoms with Crippen molar-refractivity contribution in [3.63, 3.8) is 0 Å². The third-order valence-corrected chi connectivity index (χ3v) is 4.13. The van der Waals surface area contributed by atoms with Gasteiger partial charge in [-0.2, -0.15) is 0 Å². The quantitative estimate of drug-likeness (QED) is 0.644. The number of nitrogens with one attached hydrogen (secondary N) is 3. The minimum absolute atomic E-state index is 0.106. The lowest BCUT2D eigenvalue weighted by molar-refractivity contribution is 0.232. The molecule has 0 radical (unpaired) electrons. The van der Waals surface area contributed by atoms with E-state index in [0.717, 1.165) is 51.1 Å². The van der Waals surface area contributed by atoms with E-state index >= 15 is 0 Å². The minimum Gasteiger partial charge on any atom is -0.492 e. The molecule has 5 nitrogen and oxygen atoms in total. The van der Waals surface area contributed by atoms with Gasteiger partial charge in [0, 0.05) is 6.54 Å². The molecule has 128 valence electrons. The number of ether oxygens (including phenoxy) is 1. The standard InChI is InChI=1S/C18H29N3O2/c1-2-3-15-4-6-17(7-5-15)23-13-12-20-18(22)21-14-16-8-10-19-11-9-16/h4-7,16,19H,2-3,8-14H2,1H3,(H2,20,21,22). The molecule has 0 spiro atoms. The van der Waals surface area contributed by atoms with Crippen molar-refractivity contribution in [3.05, 3.63) is 29.8 Å². The fourth-order valence-corrected chi connectivity index (χ4v) is 2.76. The summed E-state index contributed by atoms with van der Waals surface area (Å²) < 4.78 is 5.63. The highest BCUT2D eigenvalue weighted by molar-refractivity contribution is 5.73. The van der Waals surface area contributed by atoms with Crippen LogP contribution in [0.15, 0.2) is 24.3 Å². The summed E-state index contributed by atoms with van der Waals surface area (Å²) in [6.07, 6.45) is 4.52. The molecular weight excluding hydrogens is 290 g/mol. The van der Waals surface area contributed by atoms with Crippen LogP contribution in [-0.4, -0.2) is 38.8 Å². The van der Waals surface area contributed by atoms with E-state index in [0.29, 0.717) is 19.1 Å². The third-order valence-electron chi connectivity index (χ3n) is 4.13. The van der Waals surface area contributed by atoms with Crippen molar-refractivity contribution < 1.29 is 9.53 Å². The first-order chi connectivity index (χ1) is 11.3. The summed E-state index contributed by atoms with van der Waals surface area (Å²) in [5.74, 6) is 1.45. The average molecular weight is 319 g/mol. The van der Waals surface area contributed by atoms with Crippen LogP contribution in [-0.2, 0) is 6.42 Å². The zero-order valence-electron chi connectivity index (χ0n) is 14.1. The summed E-state index contributed by atoms with van der Waals surface area (Å²) in [5.41, 5.74) is 1.33. The SMILES string of the molecule is CCCc1ccc(OCCNC(=O)NCC2CCNCC2)cc1. The lowest BCUT2D eigenvalue weighted by Crippen LogP contribution is -2.41. The van der Waals surface area contributed by atoms with E-state index in [-0.39, 0.29) is 6.03 Å². The zero-order valence-corrected chi connectivity index (χ0v) is 14.1. The summed E-state index contributed by atoms with van der Waals surface area (Å²) >= 11 is 0. The molecule has 2 amide bonds. The van der Waals surface area contributed by atoms with Crippen molar-refractivity contribution >= 4 is 6.03 Å². The van der Waals surface area contributed by atoms with Gasteiger partial charge in [0.1, 0.15) is 12.4 Å². The van der Waals surface area contributed by atoms with Crippen LogP contribution in [0.1, 0.15) is 31.7 Å². The summed E-state index contributed by atoms with van der Waals surface area (Å²) in [5, 5.41) is 9.10. The van der Waals surface area contributed by atoms with Crippen LogP contribution < -0.4 is 20.7 Å². The van der Waals surface area contributed by atoms with Gasteiger partial charge in [-0.1, -0.05) is 25.5 Å². The van der Waals surface area contributed by atoms with Gasteiger partial charge in [0.25, 0.3) is 0 Å². The Morgan fingerprint density at radius 1 is 1.22 bits per heavy atom. The van der Waals surface area contributed by atoms with Gasteiger partial charge in [0.2, 0.25) is 0 Å². The number of aryl methyl sites for hydroxylation is 1. The highest BCUT2D eigenvalue weighted by Crippen LogP contribution is 2.13. The number of urea groups is 1. The van der Waals surface area contributed by atoms with Crippen LogP contribution in [0, 0.1) is 5.92 Å². The van der Waals surface area contributed by atoms with Crippen molar-refractivity contribution in [2.75, 3.05) is 32.8 Å². The number of rotatable bonds is 8. The molecule has 1 aliphatic rings. The van der Waals surface area contributed by atoms with Gasteiger partial charge in [-0.25, -0.2) is 4.79 Å². The maximum atomic E-state index is 11.7. The number of carbonyl (C=O) groups is 1. The Labute approximate surface area is 139 Å². The van der Waals surface area contributed by atoms with E-state index in [4.69, 9.17) is 4.74 Å². The lowest BCUT2D eigenvalue weighted by Gasteiger charge is -2.22. The average Bonchev–Trinajstić information content (AvgIpc) is 2.59. The number of amides is 2. The van der Waals surface area contributed by atoms with E-state index in [2.05, 4.69) is 35.0 Å². The molecule has 0 saturated carbocycles. The highest BCUT2D eigenvalue weighted by Gasteiger charge is 2.13. The van der Waals surface area contributed by atoms with Crippen LogP contribution in [0.4, 0.5) is 4.79 Å². The molecule has 2 rings (SSSR count). The number of piperidine rings is 1. The Morgan fingerprint density at radius 3 is 2.65 bits per heavy atom. The second kappa shape index (κ2) is 10.1. The van der Waals surface area contributed by atoms with Gasteiger partial charge in [-0.05, 0) is 56.0 Å². The topological polar surface area (TPSA) is 62.4 Å². The number of hydrogen-bond donors (Lipinski definition) is 3. The summed E-state index contributed by atoms with van der Waals surface area (Å²) in [7, 11) is 0. The van der Waals surface area contributed by atoms with Gasteiger partial charge in [0.15, 0.2) is 0 Å². The molecular formula is C18H29N3O2. The first kappa shape index (κ1) is 17.6. The Kier molecular flexibility index (Phi) is 7.73. The normalized spacial score (nSPS) is 15.2. The van der Waals surface area contributed by atoms with E-state index in [1.807, 2.05) is 12.1 Å². The molecule has 1 fully saturated rings. The molecule has 1 heterocycles. The van der Waals surface area contributed by atoms with Gasteiger partial charge in [-0.15, -0.1) is 0 Å². The number of benzene rings is 1. The van der Waals surface area contributed by atoms with E-state index in [1.54, 1.807) is 0 Å². The molecule has 0 aromatic heterocycles. The molecule has 0 aliphatic carbocycles. The van der Waals surface area contributed by atoms with Crippen molar-refractivity contribution in [3.8, 4) is 5.75 Å². The first-order valence-electron chi connectivity index (χ1n) is 8.72. The highest BCUT2D eigenvalue weighted by atomic mass is 16.5. The van der Waals surface area contributed by atoms with Crippen LogP contribution in [0.25, 0.3) is 0 Å². The number of carbonyl (C=O) groups excluding carboxylic acids is 1. The van der Waals surface area contributed by atoms with Crippen LogP contribution in [0.5, 0.6) is 5.75 Å². The van der Waals surface area contributed by atoms with Crippen LogP contribution in [0.3, 0.4) is 0 Å². The Morgan fingerprint density at radius 2 is 1.96 bits per heavy atom. The minimum atomic E-state index is -0.106.